The van der Waals surface area contributed by atoms with Gasteiger partial charge < -0.3 is 14.4 Å². The van der Waals surface area contributed by atoms with Crippen molar-refractivity contribution < 1.29 is 24.3 Å². The highest BCUT2D eigenvalue weighted by atomic mass is 16.5. The molecule has 3 rings (SSSR count). The van der Waals surface area contributed by atoms with Gasteiger partial charge in [0.2, 0.25) is 0 Å². The predicted molar refractivity (Wildman–Crippen MR) is 89.4 cm³/mol. The summed E-state index contributed by atoms with van der Waals surface area (Å²) in [5.74, 6) is -0.0639. The molecule has 1 aromatic carbocycles. The first kappa shape index (κ1) is 17.7. The van der Waals surface area contributed by atoms with Crippen molar-refractivity contribution in [2.24, 2.45) is 0 Å². The van der Waals surface area contributed by atoms with Crippen molar-refractivity contribution in [1.82, 2.24) is 10.4 Å². The molecule has 7 heteroatoms. The Bertz CT molecular complexity index is 669. The van der Waals surface area contributed by atoms with Gasteiger partial charge in [-0.1, -0.05) is 6.07 Å². The average molecular weight is 348 g/mol. The first-order chi connectivity index (χ1) is 11.9. The maximum Gasteiger partial charge on any atom is 0.274 e. The molecular weight excluding hydrogens is 324 g/mol. The summed E-state index contributed by atoms with van der Waals surface area (Å²) in [6.07, 6.45) is 2.69. The van der Waals surface area contributed by atoms with Crippen LogP contribution in [-0.2, 0) is 16.1 Å². The van der Waals surface area contributed by atoms with Crippen LogP contribution < -0.4 is 10.2 Å². The van der Waals surface area contributed by atoms with E-state index in [1.54, 1.807) is 28.6 Å². The fourth-order valence-corrected chi connectivity index (χ4v) is 3.34. The number of amides is 2. The lowest BCUT2D eigenvalue weighted by Gasteiger charge is -2.38. The second kappa shape index (κ2) is 7.01. The van der Waals surface area contributed by atoms with E-state index < -0.39 is 11.5 Å². The van der Waals surface area contributed by atoms with Gasteiger partial charge in [-0.2, -0.15) is 0 Å². The van der Waals surface area contributed by atoms with E-state index in [2.05, 4.69) is 0 Å². The highest BCUT2D eigenvalue weighted by Gasteiger charge is 2.41. The zero-order valence-corrected chi connectivity index (χ0v) is 14.6. The summed E-state index contributed by atoms with van der Waals surface area (Å²) in [5, 5.41) is 8.77. The number of benzene rings is 1. The first-order valence-electron chi connectivity index (χ1n) is 8.60. The maximum atomic E-state index is 13.1. The van der Waals surface area contributed by atoms with Crippen molar-refractivity contribution in [1.29, 1.82) is 0 Å². The molecule has 2 amide bonds. The molecule has 0 spiro atoms. The third-order valence-corrected chi connectivity index (χ3v) is 4.97. The van der Waals surface area contributed by atoms with Crippen LogP contribution in [0.4, 0.5) is 0 Å². The standard InChI is InChI=1S/C18H24N2O5/c1-12-11-24-15-9-13(16(21)19-23)5-6-14(15)10-20(12)17(22)18(2)7-3-4-8-25-18/h5-6,9,12,23H,3-4,7-8,10-11H2,1-2H3,(H,19,21)/t12-,18+/m0/s1. The maximum absolute atomic E-state index is 13.1. The predicted octanol–water partition coefficient (Wildman–Crippen LogP) is 1.87. The summed E-state index contributed by atoms with van der Waals surface area (Å²) in [6.45, 7) is 5.14. The second-order valence-electron chi connectivity index (χ2n) is 6.89. The van der Waals surface area contributed by atoms with E-state index >= 15 is 0 Å². The molecule has 0 aliphatic carbocycles. The van der Waals surface area contributed by atoms with Crippen molar-refractivity contribution in [3.63, 3.8) is 0 Å². The first-order valence-corrected chi connectivity index (χ1v) is 8.60. The second-order valence-corrected chi connectivity index (χ2v) is 6.89. The van der Waals surface area contributed by atoms with E-state index in [9.17, 15) is 9.59 Å². The number of hydrogen-bond donors (Lipinski definition) is 2. The molecule has 7 nitrogen and oxygen atoms in total. The van der Waals surface area contributed by atoms with E-state index in [0.717, 1.165) is 24.8 Å². The Morgan fingerprint density at radius 1 is 1.36 bits per heavy atom. The van der Waals surface area contributed by atoms with Gasteiger partial charge in [-0.15, -0.1) is 0 Å². The molecule has 136 valence electrons. The van der Waals surface area contributed by atoms with Gasteiger partial charge in [-0.05, 0) is 45.2 Å². The molecular formula is C18H24N2O5. The van der Waals surface area contributed by atoms with E-state index in [0.29, 0.717) is 31.1 Å². The molecule has 1 fully saturated rings. The SMILES string of the molecule is C[C@H]1COc2cc(C(=O)NO)ccc2CN1C(=O)[C@@]1(C)CCCCO1. The number of nitrogens with one attached hydrogen (secondary N) is 1. The number of hydrogen-bond acceptors (Lipinski definition) is 5. The highest BCUT2D eigenvalue weighted by molar-refractivity contribution is 5.94. The number of carbonyl (C=O) groups excluding carboxylic acids is 2. The van der Waals surface area contributed by atoms with E-state index in [-0.39, 0.29) is 11.9 Å². The normalized spacial score (nSPS) is 26.2. The van der Waals surface area contributed by atoms with Crippen LogP contribution in [0, 0.1) is 0 Å². The smallest absolute Gasteiger partial charge is 0.274 e. The van der Waals surface area contributed by atoms with Gasteiger partial charge in [-0.3, -0.25) is 14.8 Å². The van der Waals surface area contributed by atoms with Gasteiger partial charge in [0.1, 0.15) is 18.0 Å². The molecule has 0 radical (unpaired) electrons. The lowest BCUT2D eigenvalue weighted by atomic mass is 9.93. The molecule has 2 aliphatic rings. The molecule has 0 unspecified atom stereocenters. The molecule has 2 aliphatic heterocycles. The van der Waals surface area contributed by atoms with Crippen LogP contribution in [0.5, 0.6) is 5.75 Å². The monoisotopic (exact) mass is 348 g/mol. The molecule has 1 saturated heterocycles. The van der Waals surface area contributed by atoms with Crippen LogP contribution >= 0.6 is 0 Å². The quantitative estimate of drug-likeness (QED) is 0.629. The molecule has 2 atom stereocenters. The Labute approximate surface area is 146 Å². The molecule has 2 N–H and O–H groups in total. The van der Waals surface area contributed by atoms with E-state index in [1.165, 1.54) is 0 Å². The number of hydroxylamine groups is 1. The summed E-state index contributed by atoms with van der Waals surface area (Å²) >= 11 is 0. The van der Waals surface area contributed by atoms with Crippen LogP contribution in [0.1, 0.15) is 49.0 Å². The Morgan fingerprint density at radius 2 is 2.16 bits per heavy atom. The molecule has 25 heavy (non-hydrogen) atoms. The fourth-order valence-electron chi connectivity index (χ4n) is 3.34. The summed E-state index contributed by atoms with van der Waals surface area (Å²) < 4.78 is 11.6. The van der Waals surface area contributed by atoms with Gasteiger partial charge in [0.15, 0.2) is 0 Å². The number of rotatable bonds is 2. The summed E-state index contributed by atoms with van der Waals surface area (Å²) in [5.41, 5.74) is 1.96. The minimum absolute atomic E-state index is 0.0201. The minimum Gasteiger partial charge on any atom is -0.491 e. The third-order valence-electron chi connectivity index (χ3n) is 4.97. The lowest BCUT2D eigenvalue weighted by Crippen LogP contribution is -2.53. The summed E-state index contributed by atoms with van der Waals surface area (Å²) in [4.78, 5) is 26.5. The Hall–Kier alpha value is -2.12. The summed E-state index contributed by atoms with van der Waals surface area (Å²) in [6, 6.07) is 4.82. The van der Waals surface area contributed by atoms with Crippen LogP contribution in [0.3, 0.4) is 0 Å². The van der Waals surface area contributed by atoms with Crippen molar-refractivity contribution in [2.45, 2.75) is 51.3 Å². The molecule has 1 aromatic rings. The zero-order chi connectivity index (χ0) is 18.0. The van der Waals surface area contributed by atoms with Crippen molar-refractivity contribution in [3.05, 3.63) is 29.3 Å². The van der Waals surface area contributed by atoms with Crippen molar-refractivity contribution in [3.8, 4) is 5.75 Å². The zero-order valence-electron chi connectivity index (χ0n) is 14.6. The number of ether oxygens (including phenoxy) is 2. The Balaban J connectivity index is 1.85. The summed E-state index contributed by atoms with van der Waals surface area (Å²) in [7, 11) is 0. The van der Waals surface area contributed by atoms with Crippen LogP contribution in [-0.4, -0.2) is 46.8 Å². The minimum atomic E-state index is -0.784. The molecule has 0 saturated carbocycles. The lowest BCUT2D eigenvalue weighted by molar-refractivity contribution is -0.165. The van der Waals surface area contributed by atoms with Gasteiger partial charge in [0, 0.05) is 24.3 Å². The highest BCUT2D eigenvalue weighted by Crippen LogP contribution is 2.31. The van der Waals surface area contributed by atoms with Gasteiger partial charge in [-0.25, -0.2) is 5.48 Å². The molecule has 0 bridgehead atoms. The van der Waals surface area contributed by atoms with Crippen molar-refractivity contribution in [2.75, 3.05) is 13.2 Å². The van der Waals surface area contributed by atoms with E-state index in [1.807, 2.05) is 13.8 Å². The number of nitrogens with zero attached hydrogens (tertiary/aromatic N) is 1. The van der Waals surface area contributed by atoms with Crippen molar-refractivity contribution >= 4 is 11.8 Å². The van der Waals surface area contributed by atoms with Crippen LogP contribution in [0.25, 0.3) is 0 Å². The number of fused-ring (bicyclic) bond motifs is 1. The molecule has 0 aromatic heterocycles. The Morgan fingerprint density at radius 3 is 2.84 bits per heavy atom. The fraction of sp³-hybridized carbons (Fsp3) is 0.556. The molecule has 2 heterocycles. The van der Waals surface area contributed by atoms with Gasteiger partial charge >= 0.3 is 0 Å². The van der Waals surface area contributed by atoms with Gasteiger partial charge in [0.05, 0.1) is 6.04 Å². The van der Waals surface area contributed by atoms with Crippen LogP contribution in [0.15, 0.2) is 18.2 Å². The van der Waals surface area contributed by atoms with Gasteiger partial charge in [0.25, 0.3) is 11.8 Å². The largest absolute Gasteiger partial charge is 0.491 e. The average Bonchev–Trinajstić information content (AvgIpc) is 2.79. The topological polar surface area (TPSA) is 88.1 Å². The number of carbonyl (C=O) groups is 2. The van der Waals surface area contributed by atoms with E-state index in [4.69, 9.17) is 14.7 Å². The third kappa shape index (κ3) is 3.48. The Kier molecular flexibility index (Phi) is 4.96. The van der Waals surface area contributed by atoms with Crippen LogP contribution in [0.2, 0.25) is 0 Å².